The van der Waals surface area contributed by atoms with Crippen LogP contribution in [0.4, 0.5) is 13.2 Å². The first-order chi connectivity index (χ1) is 15.5. The highest BCUT2D eigenvalue weighted by molar-refractivity contribution is 5.73. The summed E-state index contributed by atoms with van der Waals surface area (Å²) in [5.41, 5.74) is 3.87. The molecule has 0 aromatic heterocycles. The van der Waals surface area contributed by atoms with Crippen molar-refractivity contribution in [3.05, 3.63) is 82.7 Å². The Hall–Kier alpha value is -2.49. The third kappa shape index (κ3) is 4.95. The van der Waals surface area contributed by atoms with E-state index in [2.05, 4.69) is 0 Å². The maximum Gasteiger partial charge on any atom is 0.165 e. The van der Waals surface area contributed by atoms with Crippen LogP contribution in [0.2, 0.25) is 0 Å². The van der Waals surface area contributed by atoms with Crippen molar-refractivity contribution in [1.29, 1.82) is 0 Å². The minimum absolute atomic E-state index is 0.105. The zero-order valence-corrected chi connectivity index (χ0v) is 18.8. The molecule has 2 atom stereocenters. The molecule has 170 valence electrons. The number of methoxy groups -OCH3 is 1. The van der Waals surface area contributed by atoms with E-state index in [0.717, 1.165) is 55.2 Å². The molecule has 32 heavy (non-hydrogen) atoms. The summed E-state index contributed by atoms with van der Waals surface area (Å²) in [6, 6.07) is 12.7. The van der Waals surface area contributed by atoms with Crippen molar-refractivity contribution in [3.8, 4) is 5.75 Å². The van der Waals surface area contributed by atoms with Crippen LogP contribution in [0.15, 0.2) is 60.2 Å². The van der Waals surface area contributed by atoms with Gasteiger partial charge in [0.05, 0.1) is 7.11 Å². The van der Waals surface area contributed by atoms with Gasteiger partial charge < -0.3 is 4.74 Å². The predicted molar refractivity (Wildman–Crippen MR) is 124 cm³/mol. The fraction of sp³-hybridized carbons (Fsp3) is 0.429. The van der Waals surface area contributed by atoms with Gasteiger partial charge in [-0.05, 0) is 91.7 Å². The van der Waals surface area contributed by atoms with E-state index in [1.54, 1.807) is 18.2 Å². The summed E-state index contributed by atoms with van der Waals surface area (Å²) in [5, 5.41) is 0. The summed E-state index contributed by atoms with van der Waals surface area (Å²) in [5.74, 6) is 0.583. The lowest BCUT2D eigenvalue weighted by Crippen LogP contribution is -2.29. The number of rotatable bonds is 6. The van der Waals surface area contributed by atoms with Crippen LogP contribution in [-0.4, -0.2) is 19.5 Å². The summed E-state index contributed by atoms with van der Waals surface area (Å²) in [4.78, 5) is 0. The smallest absolute Gasteiger partial charge is 0.165 e. The zero-order chi connectivity index (χ0) is 22.7. The maximum atomic E-state index is 15.1. The number of alkyl halides is 2. The van der Waals surface area contributed by atoms with Crippen molar-refractivity contribution in [1.82, 2.24) is 0 Å². The van der Waals surface area contributed by atoms with Crippen LogP contribution in [0.5, 0.6) is 5.75 Å². The Labute approximate surface area is 189 Å². The summed E-state index contributed by atoms with van der Waals surface area (Å²) in [7, 11) is 1.46. The SMILES string of the molecule is COc1ccc(CCC2CCC(C3=CC=C(c4ccc(C)cc4)C(F)C3F)CC2)cc1F. The molecule has 1 fully saturated rings. The molecule has 2 aromatic rings. The molecule has 0 heterocycles. The second kappa shape index (κ2) is 9.97. The zero-order valence-electron chi connectivity index (χ0n) is 18.8. The largest absolute Gasteiger partial charge is 0.494 e. The van der Waals surface area contributed by atoms with Crippen LogP contribution in [0.25, 0.3) is 5.57 Å². The van der Waals surface area contributed by atoms with Gasteiger partial charge in [-0.15, -0.1) is 0 Å². The fourth-order valence-corrected chi connectivity index (χ4v) is 5.08. The lowest BCUT2D eigenvalue weighted by atomic mass is 9.73. The van der Waals surface area contributed by atoms with Crippen molar-refractivity contribution in [2.75, 3.05) is 7.11 Å². The van der Waals surface area contributed by atoms with Gasteiger partial charge in [0.15, 0.2) is 23.9 Å². The molecule has 2 unspecified atom stereocenters. The van der Waals surface area contributed by atoms with E-state index < -0.39 is 12.3 Å². The maximum absolute atomic E-state index is 15.1. The van der Waals surface area contributed by atoms with Crippen molar-refractivity contribution in [3.63, 3.8) is 0 Å². The van der Waals surface area contributed by atoms with Gasteiger partial charge in [0.2, 0.25) is 0 Å². The highest BCUT2D eigenvalue weighted by Gasteiger charge is 2.36. The number of hydrogen-bond acceptors (Lipinski definition) is 1. The molecular weight excluding hydrogens is 409 g/mol. The van der Waals surface area contributed by atoms with Crippen molar-refractivity contribution in [2.24, 2.45) is 11.8 Å². The summed E-state index contributed by atoms with van der Waals surface area (Å²) in [6.07, 6.45) is 5.98. The van der Waals surface area contributed by atoms with Crippen molar-refractivity contribution >= 4 is 5.57 Å². The molecule has 2 aliphatic rings. The van der Waals surface area contributed by atoms with Crippen LogP contribution < -0.4 is 4.74 Å². The third-order valence-corrected chi connectivity index (χ3v) is 7.09. The van der Waals surface area contributed by atoms with Gasteiger partial charge in [0, 0.05) is 0 Å². The minimum atomic E-state index is -1.61. The lowest BCUT2D eigenvalue weighted by molar-refractivity contribution is 0.205. The monoisotopic (exact) mass is 440 g/mol. The molecule has 4 rings (SSSR count). The Balaban J connectivity index is 1.34. The lowest BCUT2D eigenvalue weighted by Gasteiger charge is -2.34. The average molecular weight is 441 g/mol. The van der Waals surface area contributed by atoms with Crippen LogP contribution in [-0.2, 0) is 6.42 Å². The first-order valence-electron chi connectivity index (χ1n) is 11.6. The van der Waals surface area contributed by atoms with Crippen LogP contribution >= 0.6 is 0 Å². The molecule has 4 heteroatoms. The molecule has 0 bridgehead atoms. The molecule has 0 amide bonds. The molecule has 1 saturated carbocycles. The second-order valence-electron chi connectivity index (χ2n) is 9.18. The van der Waals surface area contributed by atoms with E-state index in [9.17, 15) is 8.78 Å². The Morgan fingerprint density at radius 3 is 2.28 bits per heavy atom. The molecule has 0 saturated heterocycles. The predicted octanol–water partition coefficient (Wildman–Crippen LogP) is 7.58. The standard InChI is InChI=1S/C28H31F3O/c1-18-3-10-21(11-4-18)23-14-15-24(28(31)27(23)30)22-12-7-19(8-13-22)5-6-20-9-16-26(32-2)25(29)17-20/h3-4,9-11,14-17,19,22,27-28H,5-8,12-13H2,1-2H3. The van der Waals surface area contributed by atoms with Gasteiger partial charge in [-0.1, -0.05) is 48.0 Å². The highest BCUT2D eigenvalue weighted by atomic mass is 19.2. The molecule has 2 aromatic carbocycles. The van der Waals surface area contributed by atoms with Gasteiger partial charge >= 0.3 is 0 Å². The van der Waals surface area contributed by atoms with E-state index in [0.29, 0.717) is 17.1 Å². The summed E-state index contributed by atoms with van der Waals surface area (Å²) < 4.78 is 48.9. The molecule has 0 radical (unpaired) electrons. The Kier molecular flexibility index (Phi) is 7.07. The molecule has 0 spiro atoms. The normalized spacial score (nSPS) is 25.8. The van der Waals surface area contributed by atoms with E-state index in [1.165, 1.54) is 7.11 Å². The van der Waals surface area contributed by atoms with E-state index in [4.69, 9.17) is 4.74 Å². The van der Waals surface area contributed by atoms with Gasteiger partial charge in [-0.3, -0.25) is 0 Å². The minimum Gasteiger partial charge on any atom is -0.494 e. The quantitative estimate of drug-likeness (QED) is 0.450. The van der Waals surface area contributed by atoms with Gasteiger partial charge in [0.25, 0.3) is 0 Å². The number of benzene rings is 2. The molecule has 1 nitrogen and oxygen atoms in total. The van der Waals surface area contributed by atoms with Gasteiger partial charge in [-0.2, -0.15) is 0 Å². The second-order valence-corrected chi connectivity index (χ2v) is 9.18. The van der Waals surface area contributed by atoms with E-state index >= 15 is 4.39 Å². The van der Waals surface area contributed by atoms with Gasteiger partial charge in [-0.25, -0.2) is 13.2 Å². The molecule has 2 aliphatic carbocycles. The van der Waals surface area contributed by atoms with Crippen LogP contribution in [0, 0.1) is 24.6 Å². The third-order valence-electron chi connectivity index (χ3n) is 7.09. The number of ether oxygens (including phenoxy) is 1. The summed E-state index contributed by atoms with van der Waals surface area (Å²) >= 11 is 0. The Bertz CT molecular complexity index is 984. The first kappa shape index (κ1) is 22.7. The number of allylic oxidation sites excluding steroid dienone is 4. The van der Waals surface area contributed by atoms with E-state index in [1.807, 2.05) is 43.3 Å². The number of halogens is 3. The molecule has 0 N–H and O–H groups in total. The topological polar surface area (TPSA) is 9.23 Å². The number of aryl methyl sites for hydroxylation is 2. The van der Waals surface area contributed by atoms with Gasteiger partial charge in [0.1, 0.15) is 0 Å². The number of hydrogen-bond donors (Lipinski definition) is 0. The highest BCUT2D eigenvalue weighted by Crippen LogP contribution is 2.42. The summed E-state index contributed by atoms with van der Waals surface area (Å²) in [6.45, 7) is 1.98. The Morgan fingerprint density at radius 1 is 0.906 bits per heavy atom. The van der Waals surface area contributed by atoms with E-state index in [-0.39, 0.29) is 17.5 Å². The van der Waals surface area contributed by atoms with Crippen LogP contribution in [0.3, 0.4) is 0 Å². The van der Waals surface area contributed by atoms with Crippen LogP contribution in [0.1, 0.15) is 48.8 Å². The average Bonchev–Trinajstić information content (AvgIpc) is 2.81. The van der Waals surface area contributed by atoms with Crippen molar-refractivity contribution < 1.29 is 17.9 Å². The molecule has 0 aliphatic heterocycles. The first-order valence-corrected chi connectivity index (χ1v) is 11.6. The van der Waals surface area contributed by atoms with Crippen molar-refractivity contribution in [2.45, 2.75) is 57.8 Å². The fourth-order valence-electron chi connectivity index (χ4n) is 5.08. The molecular formula is C28H31F3O. The Morgan fingerprint density at radius 2 is 1.62 bits per heavy atom.